The third-order valence-corrected chi connectivity index (χ3v) is 1.53. The van der Waals surface area contributed by atoms with Gasteiger partial charge in [0, 0.05) is 12.6 Å². The zero-order valence-corrected chi connectivity index (χ0v) is 7.24. The lowest BCUT2D eigenvalue weighted by molar-refractivity contribution is -0.118. The fourth-order valence-corrected chi connectivity index (χ4v) is 0.537. The second-order valence-corrected chi connectivity index (χ2v) is 2.47. The summed E-state index contributed by atoms with van der Waals surface area (Å²) in [6.45, 7) is 2.66. The summed E-state index contributed by atoms with van der Waals surface area (Å²) in [5.74, 6) is 0.238. The van der Waals surface area contributed by atoms with Crippen molar-refractivity contribution in [2.24, 2.45) is 0 Å². The first-order chi connectivity index (χ1) is 4.70. The number of nitrogens with one attached hydrogen (secondary N) is 2. The Balaban J connectivity index is 3.26. The van der Waals surface area contributed by atoms with Crippen LogP contribution in [0.3, 0.4) is 0 Å². The van der Waals surface area contributed by atoms with Crippen LogP contribution in [0.1, 0.15) is 6.92 Å². The van der Waals surface area contributed by atoms with Gasteiger partial charge < -0.3 is 10.6 Å². The number of likely N-dealkylation sites (N-methyl/N-ethyl adjacent to an activating group) is 1. The van der Waals surface area contributed by atoms with Crippen molar-refractivity contribution in [1.29, 1.82) is 0 Å². The van der Waals surface area contributed by atoms with Crippen LogP contribution in [0.2, 0.25) is 0 Å². The zero-order chi connectivity index (χ0) is 7.98. The van der Waals surface area contributed by atoms with Crippen molar-refractivity contribution >= 4 is 18.5 Å². The van der Waals surface area contributed by atoms with E-state index in [1.54, 1.807) is 0 Å². The van der Waals surface area contributed by atoms with Crippen molar-refractivity contribution in [3.8, 4) is 0 Å². The van der Waals surface area contributed by atoms with E-state index in [-0.39, 0.29) is 11.7 Å². The molecule has 0 aliphatic rings. The van der Waals surface area contributed by atoms with Gasteiger partial charge in [0.25, 0.3) is 0 Å². The van der Waals surface area contributed by atoms with E-state index in [4.69, 9.17) is 0 Å². The smallest absolute Gasteiger partial charge is 0.229 e. The number of amides is 1. The Morgan fingerprint density at radius 2 is 2.30 bits per heavy atom. The molecular weight excluding hydrogens is 148 g/mol. The Morgan fingerprint density at radius 1 is 1.70 bits per heavy atom. The fraction of sp³-hybridized carbons (Fsp3) is 0.833. The summed E-state index contributed by atoms with van der Waals surface area (Å²) in [6.07, 6.45) is 0. The van der Waals surface area contributed by atoms with Crippen LogP contribution in [0.5, 0.6) is 0 Å². The van der Waals surface area contributed by atoms with E-state index in [0.717, 1.165) is 0 Å². The predicted octanol–water partition coefficient (Wildman–Crippen LogP) is -0.360. The molecule has 1 unspecified atom stereocenters. The lowest BCUT2D eigenvalue weighted by Crippen LogP contribution is -2.37. The molecule has 0 aromatic carbocycles. The summed E-state index contributed by atoms with van der Waals surface area (Å²) in [5.41, 5.74) is 0. The third kappa shape index (κ3) is 4.64. The maximum atomic E-state index is 10.6. The second-order valence-electron chi connectivity index (χ2n) is 2.15. The van der Waals surface area contributed by atoms with Crippen LogP contribution >= 0.6 is 12.6 Å². The van der Waals surface area contributed by atoms with E-state index in [0.29, 0.717) is 12.6 Å². The number of carbonyl (C=O) groups is 1. The van der Waals surface area contributed by atoms with E-state index < -0.39 is 0 Å². The first-order valence-electron chi connectivity index (χ1n) is 3.25. The molecule has 60 valence electrons. The average Bonchev–Trinajstić information content (AvgIpc) is 1.99. The summed E-state index contributed by atoms with van der Waals surface area (Å²) >= 11 is 3.81. The summed E-state index contributed by atoms with van der Waals surface area (Å²) in [4.78, 5) is 10.6. The van der Waals surface area contributed by atoms with Crippen LogP contribution in [0.15, 0.2) is 0 Å². The largest absolute Gasteiger partial charge is 0.354 e. The molecule has 0 aliphatic heterocycles. The highest BCUT2D eigenvalue weighted by atomic mass is 32.1. The lowest BCUT2D eigenvalue weighted by atomic mass is 10.3. The molecule has 0 heterocycles. The molecular formula is C6H14N2OS. The van der Waals surface area contributed by atoms with E-state index in [2.05, 4.69) is 23.3 Å². The Hall–Kier alpha value is -0.220. The van der Waals surface area contributed by atoms with Crippen molar-refractivity contribution in [3.63, 3.8) is 0 Å². The van der Waals surface area contributed by atoms with Gasteiger partial charge >= 0.3 is 0 Å². The SMILES string of the molecule is CNC(C)CNC(=O)CS. The van der Waals surface area contributed by atoms with Gasteiger partial charge in [-0.2, -0.15) is 12.6 Å². The van der Waals surface area contributed by atoms with Gasteiger partial charge in [-0.15, -0.1) is 0 Å². The minimum Gasteiger partial charge on any atom is -0.354 e. The number of hydrogen-bond donors (Lipinski definition) is 3. The molecule has 0 rings (SSSR count). The summed E-state index contributed by atoms with van der Waals surface area (Å²) in [6, 6.07) is 0.323. The molecule has 1 atom stereocenters. The summed E-state index contributed by atoms with van der Waals surface area (Å²) in [7, 11) is 1.86. The molecule has 0 radical (unpaired) electrons. The Bertz CT molecular complexity index is 108. The van der Waals surface area contributed by atoms with Crippen molar-refractivity contribution in [3.05, 3.63) is 0 Å². The number of rotatable bonds is 4. The molecule has 0 aromatic rings. The van der Waals surface area contributed by atoms with Crippen LogP contribution in [0.25, 0.3) is 0 Å². The molecule has 10 heavy (non-hydrogen) atoms. The van der Waals surface area contributed by atoms with Gasteiger partial charge in [-0.1, -0.05) is 0 Å². The van der Waals surface area contributed by atoms with Gasteiger partial charge in [0.2, 0.25) is 5.91 Å². The average molecular weight is 162 g/mol. The first kappa shape index (κ1) is 9.78. The molecule has 0 saturated heterocycles. The number of carbonyl (C=O) groups excluding carboxylic acids is 1. The Labute approximate surface area is 67.0 Å². The Morgan fingerprint density at radius 3 is 2.70 bits per heavy atom. The molecule has 0 bridgehead atoms. The van der Waals surface area contributed by atoms with Crippen LogP contribution < -0.4 is 10.6 Å². The molecule has 0 saturated carbocycles. The van der Waals surface area contributed by atoms with E-state index in [9.17, 15) is 4.79 Å². The van der Waals surface area contributed by atoms with Crippen LogP contribution in [0, 0.1) is 0 Å². The van der Waals surface area contributed by atoms with Crippen molar-refractivity contribution < 1.29 is 4.79 Å². The quantitative estimate of drug-likeness (QED) is 0.494. The third-order valence-electron chi connectivity index (χ3n) is 1.24. The minimum absolute atomic E-state index is 0.0227. The maximum absolute atomic E-state index is 10.6. The van der Waals surface area contributed by atoms with Gasteiger partial charge in [0.15, 0.2) is 0 Å². The first-order valence-corrected chi connectivity index (χ1v) is 3.88. The molecule has 0 spiro atoms. The zero-order valence-electron chi connectivity index (χ0n) is 6.35. The number of thiol groups is 1. The predicted molar refractivity (Wildman–Crippen MR) is 45.4 cm³/mol. The normalized spacial score (nSPS) is 12.7. The van der Waals surface area contributed by atoms with Gasteiger partial charge in [0.05, 0.1) is 5.75 Å². The van der Waals surface area contributed by atoms with Crippen molar-refractivity contribution in [2.45, 2.75) is 13.0 Å². The van der Waals surface area contributed by atoms with Gasteiger partial charge in [-0.25, -0.2) is 0 Å². The van der Waals surface area contributed by atoms with Crippen molar-refractivity contribution in [2.75, 3.05) is 19.3 Å². The molecule has 2 N–H and O–H groups in total. The van der Waals surface area contributed by atoms with Crippen LogP contribution in [0.4, 0.5) is 0 Å². The highest BCUT2D eigenvalue weighted by Crippen LogP contribution is 1.77. The topological polar surface area (TPSA) is 41.1 Å². The molecule has 0 aromatic heterocycles. The molecule has 1 amide bonds. The summed E-state index contributed by atoms with van der Waals surface area (Å²) in [5, 5.41) is 5.71. The van der Waals surface area contributed by atoms with Crippen LogP contribution in [-0.4, -0.2) is 31.3 Å². The maximum Gasteiger partial charge on any atom is 0.229 e. The standard InChI is InChI=1S/C6H14N2OS/c1-5(7-2)3-8-6(9)4-10/h5,7,10H,3-4H2,1-2H3,(H,8,9). The second kappa shape index (κ2) is 5.56. The van der Waals surface area contributed by atoms with Crippen LogP contribution in [-0.2, 0) is 4.79 Å². The molecule has 0 aliphatic carbocycles. The highest BCUT2D eigenvalue weighted by molar-refractivity contribution is 7.81. The van der Waals surface area contributed by atoms with E-state index >= 15 is 0 Å². The molecule has 0 fully saturated rings. The fourth-order valence-electron chi connectivity index (χ4n) is 0.425. The lowest BCUT2D eigenvalue weighted by Gasteiger charge is -2.09. The van der Waals surface area contributed by atoms with Crippen molar-refractivity contribution in [1.82, 2.24) is 10.6 Å². The summed E-state index contributed by atoms with van der Waals surface area (Å²) < 4.78 is 0. The van der Waals surface area contributed by atoms with Gasteiger partial charge in [-0.3, -0.25) is 4.79 Å². The number of hydrogen-bond acceptors (Lipinski definition) is 3. The van der Waals surface area contributed by atoms with Gasteiger partial charge in [0.1, 0.15) is 0 Å². The minimum atomic E-state index is -0.0227. The molecule has 3 nitrogen and oxygen atoms in total. The monoisotopic (exact) mass is 162 g/mol. The Kier molecular flexibility index (Phi) is 5.43. The van der Waals surface area contributed by atoms with E-state index in [1.165, 1.54) is 0 Å². The molecule has 4 heteroatoms. The van der Waals surface area contributed by atoms with E-state index in [1.807, 2.05) is 14.0 Å². The van der Waals surface area contributed by atoms with Gasteiger partial charge in [-0.05, 0) is 14.0 Å². The highest BCUT2D eigenvalue weighted by Gasteiger charge is 1.99.